The first kappa shape index (κ1) is 15.9. The van der Waals surface area contributed by atoms with Crippen molar-refractivity contribution in [3.63, 3.8) is 0 Å². The number of carbonyl (C=O) groups excluding carboxylic acids is 1. The van der Waals surface area contributed by atoms with Crippen LogP contribution >= 0.6 is 0 Å². The van der Waals surface area contributed by atoms with Crippen molar-refractivity contribution >= 4 is 11.7 Å². The molecule has 0 aliphatic rings. The van der Waals surface area contributed by atoms with E-state index in [4.69, 9.17) is 0 Å². The van der Waals surface area contributed by atoms with E-state index >= 15 is 0 Å². The number of anilines is 1. The van der Waals surface area contributed by atoms with Crippen LogP contribution in [-0.2, 0) is 6.54 Å². The fourth-order valence-electron chi connectivity index (χ4n) is 2.10. The van der Waals surface area contributed by atoms with Crippen LogP contribution < -0.4 is 10.2 Å². The zero-order valence-electron chi connectivity index (χ0n) is 13.1. The van der Waals surface area contributed by atoms with Gasteiger partial charge in [0.15, 0.2) is 11.5 Å². The fraction of sp³-hybridized carbons (Fsp3) is 0.353. The summed E-state index contributed by atoms with van der Waals surface area (Å²) < 4.78 is 0. The van der Waals surface area contributed by atoms with Crippen LogP contribution in [0.3, 0.4) is 0 Å². The minimum absolute atomic E-state index is 0.174. The third-order valence-corrected chi connectivity index (χ3v) is 3.34. The molecule has 0 bridgehead atoms. The van der Waals surface area contributed by atoms with Crippen molar-refractivity contribution in [1.29, 1.82) is 0 Å². The molecule has 2 rings (SSSR count). The SMILES string of the molecule is CCCNC(=O)c1ccc(N(CC)Cc2ccccc2)nn1. The van der Waals surface area contributed by atoms with Gasteiger partial charge in [0.2, 0.25) is 0 Å². The largest absolute Gasteiger partial charge is 0.351 e. The fourth-order valence-corrected chi connectivity index (χ4v) is 2.10. The van der Waals surface area contributed by atoms with E-state index in [1.54, 1.807) is 6.07 Å². The number of rotatable bonds is 7. The number of hydrogen-bond donors (Lipinski definition) is 1. The number of benzene rings is 1. The molecule has 5 nitrogen and oxygen atoms in total. The molecule has 0 unspecified atom stereocenters. The van der Waals surface area contributed by atoms with Crippen molar-refractivity contribution < 1.29 is 4.79 Å². The molecule has 0 saturated carbocycles. The van der Waals surface area contributed by atoms with Crippen LogP contribution in [0.4, 0.5) is 5.82 Å². The Balaban J connectivity index is 2.05. The molecule has 1 aromatic heterocycles. The van der Waals surface area contributed by atoms with Gasteiger partial charge >= 0.3 is 0 Å². The van der Waals surface area contributed by atoms with Gasteiger partial charge in [0, 0.05) is 19.6 Å². The van der Waals surface area contributed by atoms with Crippen molar-refractivity contribution in [1.82, 2.24) is 15.5 Å². The lowest BCUT2D eigenvalue weighted by molar-refractivity contribution is 0.0947. The highest BCUT2D eigenvalue weighted by Gasteiger charge is 2.10. The molecule has 1 aromatic carbocycles. The zero-order chi connectivity index (χ0) is 15.8. The maximum atomic E-state index is 11.8. The van der Waals surface area contributed by atoms with Crippen LogP contribution in [0.2, 0.25) is 0 Å². The third kappa shape index (κ3) is 4.28. The molecular formula is C17H22N4O. The van der Waals surface area contributed by atoms with E-state index in [0.29, 0.717) is 12.2 Å². The first-order valence-electron chi connectivity index (χ1n) is 7.65. The van der Waals surface area contributed by atoms with Gasteiger partial charge in [-0.05, 0) is 31.0 Å². The van der Waals surface area contributed by atoms with Crippen molar-refractivity contribution in [2.75, 3.05) is 18.0 Å². The van der Waals surface area contributed by atoms with Gasteiger partial charge in [0.1, 0.15) is 0 Å². The molecule has 0 atom stereocenters. The molecule has 5 heteroatoms. The number of nitrogens with one attached hydrogen (secondary N) is 1. The van der Waals surface area contributed by atoms with E-state index in [1.165, 1.54) is 5.56 Å². The molecule has 116 valence electrons. The summed E-state index contributed by atoms with van der Waals surface area (Å²) in [6, 6.07) is 13.8. The summed E-state index contributed by atoms with van der Waals surface area (Å²) >= 11 is 0. The van der Waals surface area contributed by atoms with Gasteiger partial charge in [-0.1, -0.05) is 37.3 Å². The lowest BCUT2D eigenvalue weighted by Gasteiger charge is -2.21. The molecule has 22 heavy (non-hydrogen) atoms. The van der Waals surface area contributed by atoms with Crippen LogP contribution in [0, 0.1) is 0 Å². The molecule has 1 heterocycles. The Bertz CT molecular complexity index is 583. The van der Waals surface area contributed by atoms with Gasteiger partial charge in [-0.3, -0.25) is 4.79 Å². The Morgan fingerprint density at radius 2 is 1.86 bits per heavy atom. The van der Waals surface area contributed by atoms with Crippen LogP contribution in [0.1, 0.15) is 36.3 Å². The number of carbonyl (C=O) groups is 1. The van der Waals surface area contributed by atoms with Gasteiger partial charge in [0.25, 0.3) is 5.91 Å². The second-order valence-electron chi connectivity index (χ2n) is 5.03. The standard InChI is InChI=1S/C17H22N4O/c1-3-12-18-17(22)15-10-11-16(20-19-15)21(4-2)13-14-8-6-5-7-9-14/h5-11H,3-4,12-13H2,1-2H3,(H,18,22). The van der Waals surface area contributed by atoms with E-state index in [1.807, 2.05) is 31.2 Å². The molecule has 1 amide bonds. The smallest absolute Gasteiger partial charge is 0.271 e. The monoisotopic (exact) mass is 298 g/mol. The van der Waals surface area contributed by atoms with Crippen LogP contribution in [0.15, 0.2) is 42.5 Å². The Kier molecular flexibility index (Phi) is 5.89. The van der Waals surface area contributed by atoms with E-state index in [2.05, 4.69) is 39.5 Å². The van der Waals surface area contributed by atoms with Crippen molar-refractivity contribution in [3.8, 4) is 0 Å². The Morgan fingerprint density at radius 3 is 2.45 bits per heavy atom. The summed E-state index contributed by atoms with van der Waals surface area (Å²) in [5, 5.41) is 11.0. The molecule has 1 N–H and O–H groups in total. The maximum Gasteiger partial charge on any atom is 0.271 e. The van der Waals surface area contributed by atoms with Gasteiger partial charge in [-0.25, -0.2) is 0 Å². The Labute approximate surface area is 131 Å². The van der Waals surface area contributed by atoms with E-state index < -0.39 is 0 Å². The molecular weight excluding hydrogens is 276 g/mol. The number of hydrogen-bond acceptors (Lipinski definition) is 4. The normalized spacial score (nSPS) is 10.3. The molecule has 0 radical (unpaired) electrons. The summed E-state index contributed by atoms with van der Waals surface area (Å²) in [5.41, 5.74) is 1.57. The lowest BCUT2D eigenvalue weighted by atomic mass is 10.2. The number of nitrogens with zero attached hydrogens (tertiary/aromatic N) is 3. The summed E-state index contributed by atoms with van der Waals surface area (Å²) in [5.74, 6) is 0.602. The predicted octanol–water partition coefficient (Wildman–Crippen LogP) is 2.64. The lowest BCUT2D eigenvalue weighted by Crippen LogP contribution is -2.27. The quantitative estimate of drug-likeness (QED) is 0.853. The highest BCUT2D eigenvalue weighted by molar-refractivity contribution is 5.92. The predicted molar refractivity (Wildman–Crippen MR) is 87.8 cm³/mol. The zero-order valence-corrected chi connectivity index (χ0v) is 13.1. The van der Waals surface area contributed by atoms with Gasteiger partial charge in [0.05, 0.1) is 0 Å². The molecule has 0 saturated heterocycles. The number of amides is 1. The minimum atomic E-state index is -0.174. The number of aromatic nitrogens is 2. The van der Waals surface area contributed by atoms with Gasteiger partial charge in [-0.2, -0.15) is 0 Å². The van der Waals surface area contributed by atoms with Crippen LogP contribution in [-0.4, -0.2) is 29.2 Å². The first-order valence-corrected chi connectivity index (χ1v) is 7.65. The topological polar surface area (TPSA) is 58.1 Å². The molecule has 0 fully saturated rings. The summed E-state index contributed by atoms with van der Waals surface area (Å²) in [6.45, 7) is 6.33. The molecule has 0 spiro atoms. The van der Waals surface area contributed by atoms with Crippen molar-refractivity contribution in [2.24, 2.45) is 0 Å². The first-order chi connectivity index (χ1) is 10.7. The second-order valence-corrected chi connectivity index (χ2v) is 5.03. The second kappa shape index (κ2) is 8.12. The van der Waals surface area contributed by atoms with Crippen molar-refractivity contribution in [2.45, 2.75) is 26.8 Å². The molecule has 2 aromatic rings. The summed E-state index contributed by atoms with van der Waals surface area (Å²) in [4.78, 5) is 13.9. The summed E-state index contributed by atoms with van der Waals surface area (Å²) in [6.07, 6.45) is 0.901. The Hall–Kier alpha value is -2.43. The van der Waals surface area contributed by atoms with Crippen LogP contribution in [0.5, 0.6) is 0 Å². The molecule has 0 aliphatic carbocycles. The highest BCUT2D eigenvalue weighted by Crippen LogP contribution is 2.13. The highest BCUT2D eigenvalue weighted by atomic mass is 16.1. The van der Waals surface area contributed by atoms with E-state index in [-0.39, 0.29) is 5.91 Å². The maximum absolute atomic E-state index is 11.8. The summed E-state index contributed by atoms with van der Waals surface area (Å²) in [7, 11) is 0. The van der Waals surface area contributed by atoms with Crippen LogP contribution in [0.25, 0.3) is 0 Å². The average Bonchev–Trinajstić information content (AvgIpc) is 2.58. The minimum Gasteiger partial charge on any atom is -0.351 e. The molecule has 0 aliphatic heterocycles. The van der Waals surface area contributed by atoms with Crippen molar-refractivity contribution in [3.05, 3.63) is 53.7 Å². The van der Waals surface area contributed by atoms with Gasteiger partial charge < -0.3 is 10.2 Å². The average molecular weight is 298 g/mol. The van der Waals surface area contributed by atoms with E-state index in [9.17, 15) is 4.79 Å². The van der Waals surface area contributed by atoms with Gasteiger partial charge in [-0.15, -0.1) is 10.2 Å². The van der Waals surface area contributed by atoms with E-state index in [0.717, 1.165) is 25.3 Å². The Morgan fingerprint density at radius 1 is 1.09 bits per heavy atom. The third-order valence-electron chi connectivity index (χ3n) is 3.34.